The van der Waals surface area contributed by atoms with Gasteiger partial charge in [0, 0.05) is 16.6 Å². The SMILES string of the molecule is Cc1noc(C(C)C)c1C(=O)Nc1ccc(Br)cn1. The third kappa shape index (κ3) is 3.01. The van der Waals surface area contributed by atoms with Crippen molar-refractivity contribution in [2.45, 2.75) is 26.7 Å². The Hall–Kier alpha value is -1.69. The van der Waals surface area contributed by atoms with Gasteiger partial charge in [-0.3, -0.25) is 4.79 Å². The molecule has 0 aromatic carbocycles. The van der Waals surface area contributed by atoms with Gasteiger partial charge in [-0.1, -0.05) is 19.0 Å². The number of aromatic nitrogens is 2. The molecule has 0 aliphatic rings. The fourth-order valence-corrected chi connectivity index (χ4v) is 1.92. The molecule has 0 saturated heterocycles. The number of carbonyl (C=O) groups excluding carboxylic acids is 1. The van der Waals surface area contributed by atoms with Gasteiger partial charge in [0.1, 0.15) is 11.4 Å². The zero-order valence-corrected chi connectivity index (χ0v) is 12.5. The number of hydrogen-bond acceptors (Lipinski definition) is 4. The van der Waals surface area contributed by atoms with Gasteiger partial charge in [0.25, 0.3) is 5.91 Å². The number of carbonyl (C=O) groups is 1. The van der Waals surface area contributed by atoms with Crippen LogP contribution in [0, 0.1) is 6.92 Å². The van der Waals surface area contributed by atoms with Crippen molar-refractivity contribution in [3.63, 3.8) is 0 Å². The van der Waals surface area contributed by atoms with Crippen LogP contribution < -0.4 is 5.32 Å². The minimum Gasteiger partial charge on any atom is -0.360 e. The fraction of sp³-hybridized carbons (Fsp3) is 0.308. The first-order valence-corrected chi connectivity index (χ1v) is 6.67. The van der Waals surface area contributed by atoms with E-state index in [1.54, 1.807) is 19.2 Å². The molecule has 0 saturated carbocycles. The Morgan fingerprint density at radius 3 is 2.74 bits per heavy atom. The molecular weight excluding hydrogens is 310 g/mol. The molecule has 5 nitrogen and oxygen atoms in total. The van der Waals surface area contributed by atoms with Crippen LogP contribution in [0.2, 0.25) is 0 Å². The van der Waals surface area contributed by atoms with E-state index in [0.29, 0.717) is 22.8 Å². The maximum atomic E-state index is 12.2. The maximum absolute atomic E-state index is 12.2. The van der Waals surface area contributed by atoms with E-state index in [4.69, 9.17) is 4.52 Å². The summed E-state index contributed by atoms with van der Waals surface area (Å²) in [5, 5.41) is 6.59. The zero-order chi connectivity index (χ0) is 14.0. The lowest BCUT2D eigenvalue weighted by atomic mass is 10.0. The van der Waals surface area contributed by atoms with Crippen LogP contribution in [-0.4, -0.2) is 16.0 Å². The second-order valence-corrected chi connectivity index (χ2v) is 5.39. The Morgan fingerprint density at radius 1 is 1.42 bits per heavy atom. The molecule has 0 unspecified atom stereocenters. The van der Waals surface area contributed by atoms with Gasteiger partial charge in [0.05, 0.1) is 5.69 Å². The summed E-state index contributed by atoms with van der Waals surface area (Å²) in [6.07, 6.45) is 1.62. The standard InChI is InChI=1S/C13H14BrN3O2/c1-7(2)12-11(8(3)17-19-12)13(18)16-10-5-4-9(14)6-15-10/h4-7H,1-3H3,(H,15,16,18). The van der Waals surface area contributed by atoms with E-state index in [1.165, 1.54) is 0 Å². The third-order valence-electron chi connectivity index (χ3n) is 2.61. The van der Waals surface area contributed by atoms with Gasteiger partial charge in [-0.05, 0) is 35.0 Å². The molecule has 2 rings (SSSR count). The van der Waals surface area contributed by atoms with Gasteiger partial charge in [-0.25, -0.2) is 4.98 Å². The molecule has 6 heteroatoms. The highest BCUT2D eigenvalue weighted by Crippen LogP contribution is 2.23. The van der Waals surface area contributed by atoms with Crippen LogP contribution in [0.1, 0.15) is 41.6 Å². The number of nitrogens with one attached hydrogen (secondary N) is 1. The van der Waals surface area contributed by atoms with Gasteiger partial charge in [0.15, 0.2) is 5.76 Å². The average Bonchev–Trinajstić information content (AvgIpc) is 2.74. The van der Waals surface area contributed by atoms with Crippen molar-refractivity contribution in [2.24, 2.45) is 0 Å². The first-order chi connectivity index (χ1) is 8.99. The number of hydrogen-bond donors (Lipinski definition) is 1. The Kier molecular flexibility index (Phi) is 3.99. The van der Waals surface area contributed by atoms with Crippen molar-refractivity contribution in [3.8, 4) is 0 Å². The van der Waals surface area contributed by atoms with E-state index >= 15 is 0 Å². The van der Waals surface area contributed by atoms with Crippen molar-refractivity contribution in [1.29, 1.82) is 0 Å². The van der Waals surface area contributed by atoms with E-state index in [-0.39, 0.29) is 11.8 Å². The number of halogens is 1. The molecule has 0 atom stereocenters. The van der Waals surface area contributed by atoms with Crippen molar-refractivity contribution >= 4 is 27.7 Å². The van der Waals surface area contributed by atoms with Crippen LogP contribution in [0.5, 0.6) is 0 Å². The topological polar surface area (TPSA) is 68.0 Å². The molecule has 0 bridgehead atoms. The van der Waals surface area contributed by atoms with E-state index in [1.807, 2.05) is 19.9 Å². The first kappa shape index (κ1) is 13.7. The molecular formula is C13H14BrN3O2. The minimum absolute atomic E-state index is 0.0971. The van der Waals surface area contributed by atoms with Crippen LogP contribution in [0.4, 0.5) is 5.82 Å². The fourth-order valence-electron chi connectivity index (χ4n) is 1.69. The second-order valence-electron chi connectivity index (χ2n) is 4.48. The summed E-state index contributed by atoms with van der Waals surface area (Å²) in [5.74, 6) is 0.924. The summed E-state index contributed by atoms with van der Waals surface area (Å²) in [4.78, 5) is 16.3. The number of amides is 1. The molecule has 2 aromatic rings. The summed E-state index contributed by atoms with van der Waals surface area (Å²) >= 11 is 3.29. The van der Waals surface area contributed by atoms with Crippen LogP contribution in [-0.2, 0) is 0 Å². The summed E-state index contributed by atoms with van der Waals surface area (Å²) in [5.41, 5.74) is 1.07. The summed E-state index contributed by atoms with van der Waals surface area (Å²) in [6, 6.07) is 3.53. The molecule has 1 N–H and O–H groups in total. The van der Waals surface area contributed by atoms with Gasteiger partial charge >= 0.3 is 0 Å². The Morgan fingerprint density at radius 2 is 2.16 bits per heavy atom. The van der Waals surface area contributed by atoms with Crippen LogP contribution in [0.3, 0.4) is 0 Å². The monoisotopic (exact) mass is 323 g/mol. The van der Waals surface area contributed by atoms with E-state index in [9.17, 15) is 4.79 Å². The number of rotatable bonds is 3. The van der Waals surface area contributed by atoms with Crippen LogP contribution >= 0.6 is 15.9 Å². The normalized spacial score (nSPS) is 10.8. The predicted molar refractivity (Wildman–Crippen MR) is 75.2 cm³/mol. The average molecular weight is 324 g/mol. The molecule has 0 fully saturated rings. The van der Waals surface area contributed by atoms with Crippen LogP contribution in [0.25, 0.3) is 0 Å². The van der Waals surface area contributed by atoms with Crippen molar-refractivity contribution in [2.75, 3.05) is 5.32 Å². The lowest BCUT2D eigenvalue weighted by molar-refractivity contribution is 0.102. The number of anilines is 1. The van der Waals surface area contributed by atoms with Crippen molar-refractivity contribution < 1.29 is 9.32 Å². The van der Waals surface area contributed by atoms with Gasteiger partial charge in [-0.15, -0.1) is 0 Å². The number of nitrogens with zero attached hydrogens (tertiary/aromatic N) is 2. The van der Waals surface area contributed by atoms with E-state index in [0.717, 1.165) is 4.47 Å². The summed E-state index contributed by atoms with van der Waals surface area (Å²) in [7, 11) is 0. The molecule has 0 spiro atoms. The van der Waals surface area contributed by atoms with Crippen molar-refractivity contribution in [1.82, 2.24) is 10.1 Å². The van der Waals surface area contributed by atoms with Gasteiger partial charge < -0.3 is 9.84 Å². The molecule has 1 amide bonds. The van der Waals surface area contributed by atoms with E-state index < -0.39 is 0 Å². The van der Waals surface area contributed by atoms with Gasteiger partial charge in [0.2, 0.25) is 0 Å². The number of aryl methyl sites for hydroxylation is 1. The predicted octanol–water partition coefficient (Wildman–Crippen LogP) is 3.52. The first-order valence-electron chi connectivity index (χ1n) is 5.88. The highest BCUT2D eigenvalue weighted by Gasteiger charge is 2.22. The van der Waals surface area contributed by atoms with Crippen LogP contribution in [0.15, 0.2) is 27.3 Å². The quantitative estimate of drug-likeness (QED) is 0.938. The molecule has 0 radical (unpaired) electrons. The zero-order valence-electron chi connectivity index (χ0n) is 10.9. The lowest BCUT2D eigenvalue weighted by Crippen LogP contribution is -2.15. The molecule has 2 heterocycles. The Labute approximate surface area is 119 Å². The smallest absolute Gasteiger partial charge is 0.262 e. The van der Waals surface area contributed by atoms with Crippen molar-refractivity contribution in [3.05, 3.63) is 39.8 Å². The molecule has 19 heavy (non-hydrogen) atoms. The maximum Gasteiger partial charge on any atom is 0.262 e. The lowest BCUT2D eigenvalue weighted by Gasteiger charge is -2.06. The highest BCUT2D eigenvalue weighted by molar-refractivity contribution is 9.10. The third-order valence-corrected chi connectivity index (χ3v) is 3.08. The molecule has 100 valence electrons. The summed E-state index contributed by atoms with van der Waals surface area (Å²) < 4.78 is 6.05. The Balaban J connectivity index is 2.25. The Bertz CT molecular complexity index is 590. The van der Waals surface area contributed by atoms with Gasteiger partial charge in [-0.2, -0.15) is 0 Å². The summed E-state index contributed by atoms with van der Waals surface area (Å²) in [6.45, 7) is 5.66. The molecule has 2 aromatic heterocycles. The largest absolute Gasteiger partial charge is 0.360 e. The van der Waals surface area contributed by atoms with E-state index in [2.05, 4.69) is 31.4 Å². The molecule has 0 aliphatic carbocycles. The minimum atomic E-state index is -0.253. The molecule has 0 aliphatic heterocycles. The highest BCUT2D eigenvalue weighted by atomic mass is 79.9. The second kappa shape index (κ2) is 5.52. The number of pyridine rings is 1.